The third-order valence-corrected chi connectivity index (χ3v) is 3.91. The Hall–Kier alpha value is -1.59. The molecule has 1 aromatic carbocycles. The van der Waals surface area contributed by atoms with Crippen LogP contribution >= 0.6 is 23.2 Å². The van der Waals surface area contributed by atoms with E-state index in [0.717, 1.165) is 5.01 Å². The number of hydrogen-bond donors (Lipinski definition) is 1. The summed E-state index contributed by atoms with van der Waals surface area (Å²) in [4.78, 5) is 23.9. The zero-order chi connectivity index (χ0) is 14.9. The highest BCUT2D eigenvalue weighted by atomic mass is 35.5. The Balaban J connectivity index is 2.29. The van der Waals surface area contributed by atoms with Crippen molar-refractivity contribution in [1.29, 1.82) is 0 Å². The summed E-state index contributed by atoms with van der Waals surface area (Å²) < 4.78 is 0. The minimum Gasteiger partial charge on any atom is -0.322 e. The van der Waals surface area contributed by atoms with E-state index in [1.807, 2.05) is 6.92 Å². The molecule has 106 valence electrons. The predicted octanol–water partition coefficient (Wildman–Crippen LogP) is 3.05. The van der Waals surface area contributed by atoms with Crippen LogP contribution in [0.4, 0.5) is 4.79 Å². The van der Waals surface area contributed by atoms with Crippen LogP contribution in [0.15, 0.2) is 23.3 Å². The van der Waals surface area contributed by atoms with Gasteiger partial charge in [0.05, 0.1) is 16.3 Å². The van der Waals surface area contributed by atoms with Crippen molar-refractivity contribution in [2.45, 2.75) is 25.8 Å². The summed E-state index contributed by atoms with van der Waals surface area (Å²) >= 11 is 12.0. The number of imide groups is 1. The Morgan fingerprint density at radius 1 is 1.35 bits per heavy atom. The molecule has 0 spiro atoms. The number of carbonyl (C=O) groups is 2. The van der Waals surface area contributed by atoms with Crippen LogP contribution in [-0.2, 0) is 4.79 Å². The second-order valence-corrected chi connectivity index (χ2v) is 5.43. The minimum absolute atomic E-state index is 0.395. The van der Waals surface area contributed by atoms with Crippen LogP contribution in [-0.4, -0.2) is 28.7 Å². The van der Waals surface area contributed by atoms with Gasteiger partial charge in [0.25, 0.3) is 5.91 Å². The first kappa shape index (κ1) is 14.8. The molecule has 0 bridgehead atoms. The van der Waals surface area contributed by atoms with E-state index in [1.165, 1.54) is 6.21 Å². The van der Waals surface area contributed by atoms with Gasteiger partial charge in [-0.05, 0) is 25.5 Å². The molecule has 1 aliphatic heterocycles. The molecule has 0 aliphatic carbocycles. The van der Waals surface area contributed by atoms with Crippen LogP contribution in [0.1, 0.15) is 25.8 Å². The van der Waals surface area contributed by atoms with Crippen LogP contribution in [0.2, 0.25) is 10.0 Å². The van der Waals surface area contributed by atoms with Crippen molar-refractivity contribution >= 4 is 41.4 Å². The van der Waals surface area contributed by atoms with Crippen molar-refractivity contribution < 1.29 is 9.59 Å². The van der Waals surface area contributed by atoms with Crippen LogP contribution < -0.4 is 5.32 Å². The van der Waals surface area contributed by atoms with Crippen molar-refractivity contribution in [3.63, 3.8) is 0 Å². The van der Waals surface area contributed by atoms with Gasteiger partial charge in [0.2, 0.25) is 0 Å². The monoisotopic (exact) mass is 313 g/mol. The fourth-order valence-corrected chi connectivity index (χ4v) is 2.26. The Morgan fingerprint density at radius 2 is 1.95 bits per heavy atom. The molecule has 1 saturated heterocycles. The van der Waals surface area contributed by atoms with Gasteiger partial charge >= 0.3 is 6.03 Å². The maximum absolute atomic E-state index is 12.1. The normalized spacial score (nSPS) is 22.7. The lowest BCUT2D eigenvalue weighted by Crippen LogP contribution is -2.42. The molecule has 2 rings (SSSR count). The Bertz CT molecular complexity index is 583. The topological polar surface area (TPSA) is 61.8 Å². The molecule has 1 aliphatic rings. The van der Waals surface area contributed by atoms with E-state index in [1.54, 1.807) is 25.1 Å². The smallest absolute Gasteiger partial charge is 0.322 e. The number of hydrazone groups is 1. The predicted molar refractivity (Wildman–Crippen MR) is 78.1 cm³/mol. The standard InChI is InChI=1S/C13H13Cl2N3O2/c1-3-13(2)11(19)18(12(20)17-13)16-7-8-9(14)5-4-6-10(8)15/h4-7H,3H2,1-2H3,(H,17,20)/t13-/m0/s1. The average molecular weight is 314 g/mol. The number of amides is 3. The summed E-state index contributed by atoms with van der Waals surface area (Å²) in [5.74, 6) is -0.399. The van der Waals surface area contributed by atoms with Crippen molar-refractivity contribution in [1.82, 2.24) is 10.3 Å². The summed E-state index contributed by atoms with van der Waals surface area (Å²) in [5.41, 5.74) is -0.458. The fraction of sp³-hybridized carbons (Fsp3) is 0.308. The first-order valence-corrected chi connectivity index (χ1v) is 6.79. The molecule has 1 heterocycles. The van der Waals surface area contributed by atoms with Gasteiger partial charge < -0.3 is 5.32 Å². The third-order valence-electron chi connectivity index (χ3n) is 3.25. The molecule has 7 heteroatoms. The number of rotatable bonds is 3. The molecule has 1 aromatic rings. The maximum atomic E-state index is 12.1. The van der Waals surface area contributed by atoms with Gasteiger partial charge in [-0.3, -0.25) is 4.79 Å². The van der Waals surface area contributed by atoms with Crippen molar-refractivity contribution in [3.05, 3.63) is 33.8 Å². The Labute approximate surface area is 126 Å². The van der Waals surface area contributed by atoms with Crippen LogP contribution in [0, 0.1) is 0 Å². The lowest BCUT2D eigenvalue weighted by Gasteiger charge is -2.17. The SMILES string of the molecule is CC[C@]1(C)NC(=O)N(N=Cc2c(Cl)cccc2Cl)C1=O. The van der Waals surface area contributed by atoms with Gasteiger partial charge in [-0.1, -0.05) is 36.2 Å². The molecular weight excluding hydrogens is 301 g/mol. The quantitative estimate of drug-likeness (QED) is 0.688. The van der Waals surface area contributed by atoms with E-state index in [9.17, 15) is 9.59 Å². The fourth-order valence-electron chi connectivity index (χ4n) is 1.76. The summed E-state index contributed by atoms with van der Waals surface area (Å²) in [5, 5.41) is 8.09. The third kappa shape index (κ3) is 2.51. The molecule has 0 aromatic heterocycles. The van der Waals surface area contributed by atoms with Crippen LogP contribution in [0.5, 0.6) is 0 Å². The van der Waals surface area contributed by atoms with Crippen molar-refractivity contribution in [3.8, 4) is 0 Å². The molecule has 0 unspecified atom stereocenters. The zero-order valence-electron chi connectivity index (χ0n) is 11.0. The average Bonchev–Trinajstić information content (AvgIpc) is 2.61. The number of carbonyl (C=O) groups excluding carboxylic acids is 2. The summed E-state index contributed by atoms with van der Waals surface area (Å²) in [6.07, 6.45) is 1.79. The van der Waals surface area contributed by atoms with Crippen LogP contribution in [0.3, 0.4) is 0 Å². The second kappa shape index (κ2) is 5.42. The van der Waals surface area contributed by atoms with Gasteiger partial charge in [-0.2, -0.15) is 5.10 Å². The molecule has 0 saturated carbocycles. The molecule has 0 radical (unpaired) electrons. The first-order chi connectivity index (χ1) is 9.39. The lowest BCUT2D eigenvalue weighted by atomic mass is 10.00. The number of hydrogen-bond acceptors (Lipinski definition) is 3. The van der Waals surface area contributed by atoms with Gasteiger partial charge in [-0.25, -0.2) is 4.79 Å². The minimum atomic E-state index is -0.918. The number of halogens is 2. The number of nitrogens with one attached hydrogen (secondary N) is 1. The highest BCUT2D eigenvalue weighted by Gasteiger charge is 2.46. The summed E-state index contributed by atoms with van der Waals surface area (Å²) in [7, 11) is 0. The van der Waals surface area contributed by atoms with Gasteiger partial charge in [0, 0.05) is 5.56 Å². The number of nitrogens with zero attached hydrogens (tertiary/aromatic N) is 2. The Kier molecular flexibility index (Phi) is 4.01. The highest BCUT2D eigenvalue weighted by Crippen LogP contribution is 2.24. The summed E-state index contributed by atoms with van der Waals surface area (Å²) in [6.45, 7) is 3.47. The molecule has 5 nitrogen and oxygen atoms in total. The number of benzene rings is 1. The van der Waals surface area contributed by atoms with E-state index in [2.05, 4.69) is 10.4 Å². The summed E-state index contributed by atoms with van der Waals surface area (Å²) in [6, 6.07) is 4.44. The Morgan fingerprint density at radius 3 is 2.45 bits per heavy atom. The maximum Gasteiger partial charge on any atom is 0.346 e. The van der Waals surface area contributed by atoms with E-state index >= 15 is 0 Å². The van der Waals surface area contributed by atoms with E-state index in [4.69, 9.17) is 23.2 Å². The highest BCUT2D eigenvalue weighted by molar-refractivity contribution is 6.38. The van der Waals surface area contributed by atoms with Gasteiger partial charge in [0.1, 0.15) is 5.54 Å². The second-order valence-electron chi connectivity index (χ2n) is 4.61. The van der Waals surface area contributed by atoms with Crippen LogP contribution in [0.25, 0.3) is 0 Å². The number of urea groups is 1. The van der Waals surface area contributed by atoms with Crippen molar-refractivity contribution in [2.24, 2.45) is 5.10 Å². The molecular formula is C13H13Cl2N3O2. The van der Waals surface area contributed by atoms with E-state index in [0.29, 0.717) is 22.0 Å². The van der Waals surface area contributed by atoms with Gasteiger partial charge in [-0.15, -0.1) is 5.01 Å². The molecule has 1 N–H and O–H groups in total. The van der Waals surface area contributed by atoms with E-state index in [-0.39, 0.29) is 0 Å². The molecule has 1 fully saturated rings. The van der Waals surface area contributed by atoms with Gasteiger partial charge in [0.15, 0.2) is 0 Å². The largest absolute Gasteiger partial charge is 0.346 e. The molecule has 20 heavy (non-hydrogen) atoms. The molecule has 3 amide bonds. The molecule has 1 atom stereocenters. The van der Waals surface area contributed by atoms with E-state index < -0.39 is 17.5 Å². The first-order valence-electron chi connectivity index (χ1n) is 6.03. The zero-order valence-corrected chi connectivity index (χ0v) is 12.5. The van der Waals surface area contributed by atoms with Crippen molar-refractivity contribution in [2.75, 3.05) is 0 Å². The lowest BCUT2D eigenvalue weighted by molar-refractivity contribution is -0.130.